The maximum absolute atomic E-state index is 3.30. The van der Waals surface area contributed by atoms with E-state index in [4.69, 9.17) is 0 Å². The van der Waals surface area contributed by atoms with E-state index in [-0.39, 0.29) is 0 Å². The van der Waals surface area contributed by atoms with Crippen LogP contribution >= 0.6 is 0 Å². The Labute approximate surface area is 101 Å². The molecule has 0 aliphatic carbocycles. The second-order valence-corrected chi connectivity index (χ2v) is 5.02. The number of rotatable bonds is 7. The Morgan fingerprint density at radius 2 is 1.62 bits per heavy atom. The van der Waals surface area contributed by atoms with Crippen LogP contribution in [0.2, 0.25) is 0 Å². The van der Waals surface area contributed by atoms with Gasteiger partial charge >= 0.3 is 0 Å². The predicted octanol–water partition coefficient (Wildman–Crippen LogP) is 1.40. The van der Waals surface area contributed by atoms with E-state index < -0.39 is 0 Å². The van der Waals surface area contributed by atoms with Crippen LogP contribution in [0, 0.1) is 0 Å². The van der Waals surface area contributed by atoms with Crippen molar-refractivity contribution in [1.82, 2.24) is 15.1 Å². The average molecular weight is 227 g/mol. The van der Waals surface area contributed by atoms with Gasteiger partial charge in [-0.25, -0.2) is 0 Å². The van der Waals surface area contributed by atoms with Crippen LogP contribution in [0.3, 0.4) is 0 Å². The number of hydrogen-bond acceptors (Lipinski definition) is 3. The third-order valence-corrected chi connectivity index (χ3v) is 3.61. The Hall–Kier alpha value is -0.120. The molecule has 1 unspecified atom stereocenters. The number of piperazine rings is 1. The van der Waals surface area contributed by atoms with Crippen molar-refractivity contribution in [3.05, 3.63) is 0 Å². The SMILES string of the molecule is CCCN1CCN(CCCC(C)NC)CC1. The van der Waals surface area contributed by atoms with E-state index in [2.05, 4.69) is 29.0 Å². The van der Waals surface area contributed by atoms with Gasteiger partial charge in [-0.1, -0.05) is 6.92 Å². The first kappa shape index (κ1) is 13.9. The molecule has 0 bridgehead atoms. The smallest absolute Gasteiger partial charge is 0.0110 e. The van der Waals surface area contributed by atoms with Crippen LogP contribution in [-0.4, -0.2) is 62.2 Å². The van der Waals surface area contributed by atoms with Crippen LogP contribution in [-0.2, 0) is 0 Å². The largest absolute Gasteiger partial charge is 0.317 e. The highest BCUT2D eigenvalue weighted by molar-refractivity contribution is 4.72. The normalized spacial score (nSPS) is 21.2. The Bertz CT molecular complexity index is 165. The van der Waals surface area contributed by atoms with Gasteiger partial charge in [0, 0.05) is 32.2 Å². The molecule has 3 nitrogen and oxygen atoms in total. The second-order valence-electron chi connectivity index (χ2n) is 5.02. The summed E-state index contributed by atoms with van der Waals surface area (Å²) in [5, 5.41) is 3.30. The maximum Gasteiger partial charge on any atom is 0.0110 e. The first-order chi connectivity index (χ1) is 7.76. The van der Waals surface area contributed by atoms with Gasteiger partial charge in [-0.15, -0.1) is 0 Å². The average Bonchev–Trinajstić information content (AvgIpc) is 2.31. The summed E-state index contributed by atoms with van der Waals surface area (Å²) in [4.78, 5) is 5.21. The van der Waals surface area contributed by atoms with Crippen LogP contribution in [0.5, 0.6) is 0 Å². The summed E-state index contributed by atoms with van der Waals surface area (Å²) in [7, 11) is 2.05. The van der Waals surface area contributed by atoms with Crippen molar-refractivity contribution in [3.8, 4) is 0 Å². The molecular weight excluding hydrogens is 198 g/mol. The zero-order valence-electron chi connectivity index (χ0n) is 11.3. The fourth-order valence-corrected chi connectivity index (χ4v) is 2.32. The van der Waals surface area contributed by atoms with E-state index in [1.54, 1.807) is 0 Å². The molecule has 0 spiro atoms. The molecule has 3 heteroatoms. The minimum Gasteiger partial charge on any atom is -0.317 e. The molecule has 0 saturated carbocycles. The van der Waals surface area contributed by atoms with E-state index in [0.29, 0.717) is 6.04 Å². The topological polar surface area (TPSA) is 18.5 Å². The summed E-state index contributed by atoms with van der Waals surface area (Å²) in [6.45, 7) is 12.2. The second kappa shape index (κ2) is 8.04. The van der Waals surface area contributed by atoms with Crippen LogP contribution in [0.25, 0.3) is 0 Å². The highest BCUT2D eigenvalue weighted by atomic mass is 15.3. The van der Waals surface area contributed by atoms with Crippen LogP contribution in [0.1, 0.15) is 33.1 Å². The molecule has 0 aromatic carbocycles. The van der Waals surface area contributed by atoms with E-state index in [1.807, 2.05) is 7.05 Å². The van der Waals surface area contributed by atoms with Gasteiger partial charge in [0.25, 0.3) is 0 Å². The van der Waals surface area contributed by atoms with Gasteiger partial charge in [0.1, 0.15) is 0 Å². The fourth-order valence-electron chi connectivity index (χ4n) is 2.32. The standard InChI is InChI=1S/C13H29N3/c1-4-7-15-9-11-16(12-10-15)8-5-6-13(2)14-3/h13-14H,4-12H2,1-3H3. The van der Waals surface area contributed by atoms with Crippen molar-refractivity contribution in [2.24, 2.45) is 0 Å². The van der Waals surface area contributed by atoms with Gasteiger partial charge in [0.2, 0.25) is 0 Å². The van der Waals surface area contributed by atoms with E-state index in [1.165, 1.54) is 58.5 Å². The molecule has 0 aromatic heterocycles. The maximum atomic E-state index is 3.30. The Balaban J connectivity index is 2.03. The highest BCUT2D eigenvalue weighted by Crippen LogP contribution is 2.05. The summed E-state index contributed by atoms with van der Waals surface area (Å²) < 4.78 is 0. The molecule has 1 aliphatic rings. The predicted molar refractivity (Wildman–Crippen MR) is 70.9 cm³/mol. The van der Waals surface area contributed by atoms with Crippen molar-refractivity contribution in [3.63, 3.8) is 0 Å². The lowest BCUT2D eigenvalue weighted by Gasteiger charge is -2.34. The first-order valence-corrected chi connectivity index (χ1v) is 6.88. The van der Waals surface area contributed by atoms with E-state index in [0.717, 1.165) is 0 Å². The van der Waals surface area contributed by atoms with Gasteiger partial charge in [-0.05, 0) is 46.3 Å². The Morgan fingerprint density at radius 1 is 1.06 bits per heavy atom. The van der Waals surface area contributed by atoms with Gasteiger partial charge in [-0.3, -0.25) is 0 Å². The number of hydrogen-bond donors (Lipinski definition) is 1. The van der Waals surface area contributed by atoms with Crippen LogP contribution in [0.15, 0.2) is 0 Å². The Kier molecular flexibility index (Phi) is 7.01. The number of nitrogens with zero attached hydrogens (tertiary/aromatic N) is 2. The lowest BCUT2D eigenvalue weighted by Crippen LogP contribution is -2.46. The van der Waals surface area contributed by atoms with Gasteiger partial charge in [-0.2, -0.15) is 0 Å². The third kappa shape index (κ3) is 5.28. The van der Waals surface area contributed by atoms with Crippen molar-refractivity contribution in [2.45, 2.75) is 39.2 Å². The molecule has 1 aliphatic heterocycles. The van der Waals surface area contributed by atoms with E-state index >= 15 is 0 Å². The third-order valence-electron chi connectivity index (χ3n) is 3.61. The highest BCUT2D eigenvalue weighted by Gasteiger charge is 2.15. The molecular formula is C13H29N3. The Morgan fingerprint density at radius 3 is 2.12 bits per heavy atom. The van der Waals surface area contributed by atoms with Crippen molar-refractivity contribution >= 4 is 0 Å². The molecule has 1 rings (SSSR count). The molecule has 0 aromatic rings. The fraction of sp³-hybridized carbons (Fsp3) is 1.00. The molecule has 0 amide bonds. The molecule has 1 heterocycles. The first-order valence-electron chi connectivity index (χ1n) is 6.88. The number of nitrogens with one attached hydrogen (secondary N) is 1. The summed E-state index contributed by atoms with van der Waals surface area (Å²) in [5.74, 6) is 0. The van der Waals surface area contributed by atoms with Gasteiger partial charge in [0.05, 0.1) is 0 Å². The lowest BCUT2D eigenvalue weighted by molar-refractivity contribution is 0.130. The quantitative estimate of drug-likeness (QED) is 0.709. The molecule has 1 N–H and O–H groups in total. The lowest BCUT2D eigenvalue weighted by atomic mass is 10.1. The summed E-state index contributed by atoms with van der Waals surface area (Å²) >= 11 is 0. The molecule has 0 radical (unpaired) electrons. The zero-order chi connectivity index (χ0) is 11.8. The van der Waals surface area contributed by atoms with Gasteiger partial charge < -0.3 is 15.1 Å². The van der Waals surface area contributed by atoms with Crippen LogP contribution < -0.4 is 5.32 Å². The van der Waals surface area contributed by atoms with Crippen molar-refractivity contribution in [2.75, 3.05) is 46.3 Å². The zero-order valence-corrected chi connectivity index (χ0v) is 11.3. The monoisotopic (exact) mass is 227 g/mol. The van der Waals surface area contributed by atoms with Gasteiger partial charge in [0.15, 0.2) is 0 Å². The summed E-state index contributed by atoms with van der Waals surface area (Å²) in [5.41, 5.74) is 0. The molecule has 1 fully saturated rings. The molecule has 1 atom stereocenters. The summed E-state index contributed by atoms with van der Waals surface area (Å²) in [6, 6.07) is 0.668. The minimum absolute atomic E-state index is 0.668. The van der Waals surface area contributed by atoms with E-state index in [9.17, 15) is 0 Å². The summed E-state index contributed by atoms with van der Waals surface area (Å²) in [6.07, 6.45) is 3.92. The molecule has 96 valence electrons. The van der Waals surface area contributed by atoms with Crippen molar-refractivity contribution in [1.29, 1.82) is 0 Å². The molecule has 1 saturated heterocycles. The molecule has 16 heavy (non-hydrogen) atoms. The van der Waals surface area contributed by atoms with Crippen molar-refractivity contribution < 1.29 is 0 Å². The minimum atomic E-state index is 0.668. The van der Waals surface area contributed by atoms with Crippen LogP contribution in [0.4, 0.5) is 0 Å².